The van der Waals surface area contributed by atoms with Crippen molar-refractivity contribution in [1.82, 2.24) is 14.9 Å². The minimum atomic E-state index is -4.23. The number of β-amino-alcohol motifs (C(OH)–C–C–N with tert-alkyl or cyclic N) is 1. The van der Waals surface area contributed by atoms with Gasteiger partial charge in [-0.3, -0.25) is 0 Å². The Bertz CT molecular complexity index is 932. The molecule has 3 saturated heterocycles. The Hall–Kier alpha value is -1.49. The van der Waals surface area contributed by atoms with Gasteiger partial charge < -0.3 is 19.6 Å². The molecule has 178 valence electrons. The van der Waals surface area contributed by atoms with Gasteiger partial charge in [-0.15, -0.1) is 11.3 Å². The van der Waals surface area contributed by atoms with Gasteiger partial charge >= 0.3 is 6.18 Å². The minimum Gasteiger partial charge on any atom is -0.388 e. The molecular weight excluding hydrogens is 441 g/mol. The van der Waals surface area contributed by atoms with Crippen LogP contribution in [0, 0.1) is 11.8 Å². The van der Waals surface area contributed by atoms with Gasteiger partial charge in [0, 0.05) is 57.1 Å². The molecule has 6 nitrogen and oxygen atoms in total. The highest BCUT2D eigenvalue weighted by Crippen LogP contribution is 2.39. The molecule has 0 bridgehead atoms. The third-order valence-corrected chi connectivity index (χ3v) is 7.90. The molecule has 3 aliphatic rings. The van der Waals surface area contributed by atoms with E-state index in [1.807, 2.05) is 0 Å². The first kappa shape index (κ1) is 23.7. The first-order valence-electron chi connectivity index (χ1n) is 10.9. The fourth-order valence-corrected chi connectivity index (χ4v) is 6.34. The molecule has 10 heteroatoms. The topological polar surface area (TPSA) is 61.7 Å². The van der Waals surface area contributed by atoms with E-state index in [1.54, 1.807) is 6.07 Å². The maximum atomic E-state index is 12.8. The summed E-state index contributed by atoms with van der Waals surface area (Å²) in [7, 11) is 0. The van der Waals surface area contributed by atoms with Gasteiger partial charge in [0.15, 0.2) is 0 Å². The van der Waals surface area contributed by atoms with Crippen LogP contribution < -0.4 is 4.90 Å². The molecule has 2 aromatic heterocycles. The highest BCUT2D eigenvalue weighted by molar-refractivity contribution is 7.18. The van der Waals surface area contributed by atoms with Crippen LogP contribution >= 0.6 is 11.3 Å². The second-order valence-electron chi connectivity index (χ2n) is 9.21. The third-order valence-electron chi connectivity index (χ3n) is 6.86. The molecule has 3 fully saturated rings. The molecule has 0 radical (unpaired) electrons. The lowest BCUT2D eigenvalue weighted by Gasteiger charge is -2.41. The number of aliphatic hydroxyl groups is 1. The van der Waals surface area contributed by atoms with Gasteiger partial charge in [-0.25, -0.2) is 9.97 Å². The first-order chi connectivity index (χ1) is 14.8. The zero-order valence-electron chi connectivity index (χ0n) is 17.3. The Kier molecular flexibility index (Phi) is 6.68. The van der Waals surface area contributed by atoms with Crippen LogP contribution in [0.1, 0.15) is 31.6 Å². The van der Waals surface area contributed by atoms with Gasteiger partial charge in [0.05, 0.1) is 17.4 Å². The number of nitrogens with zero attached hydrogens (tertiary/aromatic N) is 4. The van der Waals surface area contributed by atoms with Gasteiger partial charge in [-0.1, -0.05) is 7.43 Å². The number of rotatable bonds is 4. The quantitative estimate of drug-likeness (QED) is 0.732. The van der Waals surface area contributed by atoms with E-state index in [-0.39, 0.29) is 12.3 Å². The summed E-state index contributed by atoms with van der Waals surface area (Å²) in [5.41, 5.74) is -0.659. The number of thiophene rings is 1. The van der Waals surface area contributed by atoms with Crippen molar-refractivity contribution in [1.29, 1.82) is 0 Å². The number of halogens is 3. The van der Waals surface area contributed by atoms with Crippen molar-refractivity contribution in [3.63, 3.8) is 0 Å². The van der Waals surface area contributed by atoms with Crippen molar-refractivity contribution in [2.45, 2.75) is 44.9 Å². The van der Waals surface area contributed by atoms with Crippen molar-refractivity contribution < 1.29 is 23.0 Å². The lowest BCUT2D eigenvalue weighted by molar-refractivity contribution is -0.126. The lowest BCUT2D eigenvalue weighted by atomic mass is 9.86. The van der Waals surface area contributed by atoms with Crippen LogP contribution in [0.3, 0.4) is 0 Å². The molecule has 0 aliphatic carbocycles. The SMILES string of the molecule is C.OC1(CN2CC[C@@H]3CN(c4ncnc5sc(CC(F)(F)F)cc45)C[C@@H]3C2)CCOCC1. The molecule has 2 aromatic rings. The molecule has 3 aliphatic heterocycles. The molecular formula is C22H31F3N4O2S. The lowest BCUT2D eigenvalue weighted by Crippen LogP contribution is -2.50. The molecule has 32 heavy (non-hydrogen) atoms. The zero-order valence-corrected chi connectivity index (χ0v) is 18.1. The number of ether oxygens (including phenoxy) is 1. The Labute approximate surface area is 190 Å². The molecule has 0 saturated carbocycles. The number of hydrogen-bond donors (Lipinski definition) is 1. The summed E-state index contributed by atoms with van der Waals surface area (Å²) in [4.78, 5) is 14.1. The van der Waals surface area contributed by atoms with E-state index >= 15 is 0 Å². The van der Waals surface area contributed by atoms with E-state index in [9.17, 15) is 18.3 Å². The summed E-state index contributed by atoms with van der Waals surface area (Å²) in [6, 6.07) is 1.61. The average Bonchev–Trinajstić information content (AvgIpc) is 3.29. The van der Waals surface area contributed by atoms with Crippen molar-refractivity contribution in [2.24, 2.45) is 11.8 Å². The number of anilines is 1. The molecule has 0 unspecified atom stereocenters. The fraction of sp³-hybridized carbons (Fsp3) is 0.727. The van der Waals surface area contributed by atoms with Crippen molar-refractivity contribution in [2.75, 3.05) is 50.8 Å². The number of likely N-dealkylation sites (tertiary alicyclic amines) is 1. The van der Waals surface area contributed by atoms with E-state index in [2.05, 4.69) is 19.8 Å². The second-order valence-corrected chi connectivity index (χ2v) is 10.3. The Balaban J connectivity index is 0.00000245. The molecule has 1 N–H and O–H groups in total. The number of alkyl halides is 3. The van der Waals surface area contributed by atoms with Crippen molar-refractivity contribution in [3.8, 4) is 0 Å². The predicted octanol–water partition coefficient (Wildman–Crippen LogP) is 3.73. The normalized spacial score (nSPS) is 26.2. The number of fused-ring (bicyclic) bond motifs is 2. The van der Waals surface area contributed by atoms with Crippen LogP contribution in [-0.2, 0) is 11.2 Å². The second kappa shape index (κ2) is 9.04. The number of aromatic nitrogens is 2. The molecule has 0 aromatic carbocycles. The van der Waals surface area contributed by atoms with E-state index in [4.69, 9.17) is 4.74 Å². The highest BCUT2D eigenvalue weighted by Gasteiger charge is 2.41. The average molecular weight is 473 g/mol. The summed E-state index contributed by atoms with van der Waals surface area (Å²) in [5.74, 6) is 1.76. The van der Waals surface area contributed by atoms with Gasteiger partial charge in [0.1, 0.15) is 17.0 Å². The number of piperidine rings is 1. The smallest absolute Gasteiger partial charge is 0.388 e. The maximum absolute atomic E-state index is 12.8. The van der Waals surface area contributed by atoms with Crippen LogP contribution in [0.4, 0.5) is 19.0 Å². The maximum Gasteiger partial charge on any atom is 0.393 e. The van der Waals surface area contributed by atoms with E-state index < -0.39 is 18.2 Å². The standard InChI is InChI=1S/C21H27F3N4O2S.CH4/c22-21(23,24)8-16-7-17-18(25-13-26-19(17)31-16)28-10-14-1-4-27(9-15(14)11-28)12-20(29)2-5-30-6-3-20;/h7,13-15,29H,1-6,8-12H2;1H4/t14-,15+;/m1./s1. The Morgan fingerprint density at radius 2 is 1.91 bits per heavy atom. The monoisotopic (exact) mass is 472 g/mol. The molecule has 0 spiro atoms. The van der Waals surface area contributed by atoms with Gasteiger partial charge in [-0.2, -0.15) is 13.2 Å². The van der Waals surface area contributed by atoms with Gasteiger partial charge in [0.2, 0.25) is 0 Å². The van der Waals surface area contributed by atoms with Crippen LogP contribution in [-0.4, -0.2) is 77.7 Å². The summed E-state index contributed by atoms with van der Waals surface area (Å²) in [5, 5.41) is 11.6. The van der Waals surface area contributed by atoms with Gasteiger partial charge in [-0.05, 0) is 30.9 Å². The Morgan fingerprint density at radius 3 is 2.66 bits per heavy atom. The van der Waals surface area contributed by atoms with Crippen LogP contribution in [0.2, 0.25) is 0 Å². The van der Waals surface area contributed by atoms with Crippen LogP contribution in [0.25, 0.3) is 10.2 Å². The highest BCUT2D eigenvalue weighted by atomic mass is 32.1. The first-order valence-corrected chi connectivity index (χ1v) is 11.7. The van der Waals surface area contributed by atoms with E-state index in [0.29, 0.717) is 49.3 Å². The van der Waals surface area contributed by atoms with E-state index in [0.717, 1.165) is 55.1 Å². The Morgan fingerprint density at radius 1 is 1.16 bits per heavy atom. The summed E-state index contributed by atoms with van der Waals surface area (Å²) < 4.78 is 43.9. The summed E-state index contributed by atoms with van der Waals surface area (Å²) in [6.45, 7) is 5.51. The number of hydrogen-bond acceptors (Lipinski definition) is 7. The van der Waals surface area contributed by atoms with Gasteiger partial charge in [0.25, 0.3) is 0 Å². The fourth-order valence-electron chi connectivity index (χ4n) is 5.32. The molecule has 2 atom stereocenters. The summed E-state index contributed by atoms with van der Waals surface area (Å²) in [6.07, 6.45) is -1.27. The predicted molar refractivity (Wildman–Crippen MR) is 119 cm³/mol. The third kappa shape index (κ3) is 5.03. The van der Waals surface area contributed by atoms with Crippen LogP contribution in [0.15, 0.2) is 12.4 Å². The molecule has 5 rings (SSSR count). The van der Waals surface area contributed by atoms with E-state index in [1.165, 1.54) is 6.33 Å². The molecule has 5 heterocycles. The zero-order chi connectivity index (χ0) is 21.6. The summed E-state index contributed by atoms with van der Waals surface area (Å²) >= 11 is 1.10. The van der Waals surface area contributed by atoms with Crippen molar-refractivity contribution >= 4 is 27.4 Å². The van der Waals surface area contributed by atoms with Crippen molar-refractivity contribution in [3.05, 3.63) is 17.3 Å². The molecule has 0 amide bonds. The minimum absolute atomic E-state index is 0. The largest absolute Gasteiger partial charge is 0.393 e. The van der Waals surface area contributed by atoms with Crippen LogP contribution in [0.5, 0.6) is 0 Å².